The van der Waals surface area contributed by atoms with Crippen LogP contribution in [0.3, 0.4) is 0 Å². The number of rotatable bonds is 8. The molecule has 0 aromatic carbocycles. The Balaban J connectivity index is 0.00000392. The molecule has 1 unspecified atom stereocenters. The first kappa shape index (κ1) is 25.8. The first-order chi connectivity index (χ1) is 13.0. The van der Waals surface area contributed by atoms with Crippen molar-refractivity contribution in [2.45, 2.75) is 51.7 Å². The molecular formula is C20H40IN5OS. The maximum absolute atomic E-state index is 11.2. The van der Waals surface area contributed by atoms with Crippen molar-refractivity contribution in [1.29, 1.82) is 0 Å². The largest absolute Gasteiger partial charge is 0.369 e. The molecule has 0 aromatic rings. The number of guanidine groups is 1. The third-order valence-corrected chi connectivity index (χ3v) is 7.15. The van der Waals surface area contributed by atoms with Crippen LogP contribution in [0.2, 0.25) is 0 Å². The Morgan fingerprint density at radius 3 is 2.57 bits per heavy atom. The van der Waals surface area contributed by atoms with Gasteiger partial charge in [-0.3, -0.25) is 9.79 Å². The molecule has 164 valence electrons. The zero-order chi connectivity index (χ0) is 19.6. The molecule has 0 spiro atoms. The number of nitrogens with zero attached hydrogens (tertiary/aromatic N) is 3. The van der Waals surface area contributed by atoms with Gasteiger partial charge in [0, 0.05) is 43.1 Å². The van der Waals surface area contributed by atoms with Gasteiger partial charge in [0.2, 0.25) is 5.91 Å². The number of carbonyl (C=O) groups excluding carboxylic acids is 1. The lowest BCUT2D eigenvalue weighted by molar-refractivity contribution is -0.123. The van der Waals surface area contributed by atoms with E-state index in [9.17, 15) is 4.79 Å². The van der Waals surface area contributed by atoms with Crippen molar-refractivity contribution in [3.05, 3.63) is 0 Å². The minimum absolute atomic E-state index is 0. The minimum atomic E-state index is -0.129. The molecule has 2 fully saturated rings. The Kier molecular flexibility index (Phi) is 12.8. The number of aliphatic imine (C=N–C) groups is 1. The monoisotopic (exact) mass is 525 g/mol. The molecule has 2 heterocycles. The molecule has 0 saturated carbocycles. The Labute approximate surface area is 192 Å². The average molecular weight is 526 g/mol. The van der Waals surface area contributed by atoms with Gasteiger partial charge in [0.1, 0.15) is 0 Å². The minimum Gasteiger partial charge on any atom is -0.369 e. The van der Waals surface area contributed by atoms with Crippen LogP contribution in [0.4, 0.5) is 0 Å². The number of amides is 1. The summed E-state index contributed by atoms with van der Waals surface area (Å²) in [6, 6.07) is 0. The van der Waals surface area contributed by atoms with Crippen LogP contribution in [0.25, 0.3) is 0 Å². The Morgan fingerprint density at radius 2 is 1.96 bits per heavy atom. The number of primary amides is 1. The van der Waals surface area contributed by atoms with Crippen LogP contribution >= 0.6 is 35.7 Å². The van der Waals surface area contributed by atoms with Crippen LogP contribution in [0, 0.1) is 11.8 Å². The number of nitrogens with one attached hydrogen (secondary N) is 1. The standard InChI is InChI=1S/C20H39N5OS.HI/c1-4-22-20(25-13-14-27-18(15-25)16(2)3)23-9-5-6-10-24-11-7-17(8-12-24)19(21)26;/h16-18H,4-15H2,1-3H3,(H2,21,26)(H,22,23);1H. The van der Waals surface area contributed by atoms with Gasteiger partial charge in [-0.2, -0.15) is 11.8 Å². The maximum Gasteiger partial charge on any atom is 0.220 e. The van der Waals surface area contributed by atoms with Crippen LogP contribution in [-0.4, -0.2) is 78.5 Å². The number of nitrogens with two attached hydrogens (primary N) is 1. The van der Waals surface area contributed by atoms with Gasteiger partial charge >= 0.3 is 0 Å². The number of thioether (sulfide) groups is 1. The first-order valence-corrected chi connectivity index (χ1v) is 11.7. The lowest BCUT2D eigenvalue weighted by Crippen LogP contribution is -2.49. The number of hydrogen-bond donors (Lipinski definition) is 2. The second-order valence-electron chi connectivity index (χ2n) is 8.06. The van der Waals surface area contributed by atoms with E-state index in [4.69, 9.17) is 10.7 Å². The van der Waals surface area contributed by atoms with Gasteiger partial charge < -0.3 is 20.9 Å². The van der Waals surface area contributed by atoms with Crippen molar-refractivity contribution in [1.82, 2.24) is 15.1 Å². The van der Waals surface area contributed by atoms with Crippen LogP contribution in [-0.2, 0) is 4.79 Å². The van der Waals surface area contributed by atoms with Gasteiger partial charge in [-0.1, -0.05) is 13.8 Å². The molecule has 0 aromatic heterocycles. The molecule has 1 atom stereocenters. The highest BCUT2D eigenvalue weighted by molar-refractivity contribution is 14.0. The van der Waals surface area contributed by atoms with Crippen molar-refractivity contribution in [2.24, 2.45) is 22.6 Å². The second kappa shape index (κ2) is 13.9. The molecule has 8 heteroatoms. The van der Waals surface area contributed by atoms with Crippen LogP contribution in [0.15, 0.2) is 4.99 Å². The van der Waals surface area contributed by atoms with Crippen molar-refractivity contribution in [3.8, 4) is 0 Å². The second-order valence-corrected chi connectivity index (χ2v) is 9.41. The van der Waals surface area contributed by atoms with Crippen LogP contribution in [0.1, 0.15) is 46.5 Å². The smallest absolute Gasteiger partial charge is 0.220 e. The van der Waals surface area contributed by atoms with Gasteiger partial charge in [0.15, 0.2) is 5.96 Å². The molecule has 2 aliphatic heterocycles. The first-order valence-electron chi connectivity index (χ1n) is 10.7. The number of halogens is 1. The molecule has 2 aliphatic rings. The Morgan fingerprint density at radius 1 is 1.25 bits per heavy atom. The lowest BCUT2D eigenvalue weighted by atomic mass is 9.96. The molecule has 0 bridgehead atoms. The Hall–Kier alpha value is -0.220. The van der Waals surface area contributed by atoms with E-state index in [1.807, 2.05) is 0 Å². The summed E-state index contributed by atoms with van der Waals surface area (Å²) in [5.74, 6) is 2.95. The van der Waals surface area contributed by atoms with Crippen molar-refractivity contribution >= 4 is 47.6 Å². The van der Waals surface area contributed by atoms with Crippen LogP contribution < -0.4 is 11.1 Å². The van der Waals surface area contributed by atoms with Gasteiger partial charge in [-0.25, -0.2) is 0 Å². The van der Waals surface area contributed by atoms with Crippen LogP contribution in [0.5, 0.6) is 0 Å². The molecule has 2 rings (SSSR count). The maximum atomic E-state index is 11.2. The van der Waals surface area contributed by atoms with E-state index in [2.05, 4.69) is 47.6 Å². The van der Waals surface area contributed by atoms with E-state index < -0.39 is 0 Å². The third kappa shape index (κ3) is 8.65. The molecule has 2 saturated heterocycles. The highest BCUT2D eigenvalue weighted by Crippen LogP contribution is 2.25. The highest BCUT2D eigenvalue weighted by Gasteiger charge is 2.25. The summed E-state index contributed by atoms with van der Waals surface area (Å²) >= 11 is 2.10. The Bertz CT molecular complexity index is 483. The van der Waals surface area contributed by atoms with E-state index in [1.54, 1.807) is 0 Å². The average Bonchev–Trinajstić information content (AvgIpc) is 2.67. The summed E-state index contributed by atoms with van der Waals surface area (Å²) in [5, 5.41) is 4.18. The van der Waals surface area contributed by atoms with Gasteiger partial charge in [-0.15, -0.1) is 24.0 Å². The van der Waals surface area contributed by atoms with E-state index >= 15 is 0 Å². The summed E-state index contributed by atoms with van der Waals surface area (Å²) in [4.78, 5) is 21.0. The number of unbranched alkanes of at least 4 members (excludes halogenated alkanes) is 1. The van der Waals surface area contributed by atoms with Gasteiger partial charge in [0.05, 0.1) is 0 Å². The topological polar surface area (TPSA) is 74.0 Å². The van der Waals surface area contributed by atoms with Gasteiger partial charge in [-0.05, 0) is 58.2 Å². The zero-order valence-electron chi connectivity index (χ0n) is 17.9. The molecule has 28 heavy (non-hydrogen) atoms. The zero-order valence-corrected chi connectivity index (χ0v) is 21.0. The quantitative estimate of drug-likeness (QED) is 0.221. The van der Waals surface area contributed by atoms with E-state index in [-0.39, 0.29) is 35.8 Å². The summed E-state index contributed by atoms with van der Waals surface area (Å²) < 4.78 is 0. The highest BCUT2D eigenvalue weighted by atomic mass is 127. The van der Waals surface area contributed by atoms with Crippen molar-refractivity contribution in [3.63, 3.8) is 0 Å². The van der Waals surface area contributed by atoms with Crippen molar-refractivity contribution < 1.29 is 4.79 Å². The third-order valence-electron chi connectivity index (χ3n) is 5.61. The fourth-order valence-corrected chi connectivity index (χ4v) is 5.07. The molecule has 1 amide bonds. The SMILES string of the molecule is CCNC(=NCCCCN1CCC(C(N)=O)CC1)N1CCSC(C(C)C)C1.I. The molecule has 0 aliphatic carbocycles. The number of likely N-dealkylation sites (tertiary alicyclic amines) is 1. The van der Waals surface area contributed by atoms with Crippen molar-refractivity contribution in [2.75, 3.05) is 51.6 Å². The number of hydrogen-bond acceptors (Lipinski definition) is 4. The normalized spacial score (nSPS) is 22.2. The molecule has 0 radical (unpaired) electrons. The summed E-state index contributed by atoms with van der Waals surface area (Å²) in [7, 11) is 0. The molecular weight excluding hydrogens is 485 g/mol. The van der Waals surface area contributed by atoms with E-state index in [0.29, 0.717) is 11.2 Å². The van der Waals surface area contributed by atoms with E-state index in [1.165, 1.54) is 5.75 Å². The lowest BCUT2D eigenvalue weighted by Gasteiger charge is -2.36. The van der Waals surface area contributed by atoms with E-state index in [0.717, 1.165) is 77.5 Å². The number of carbonyl (C=O) groups is 1. The predicted octanol–water partition coefficient (Wildman–Crippen LogP) is 2.62. The number of piperidine rings is 1. The predicted molar refractivity (Wildman–Crippen MR) is 132 cm³/mol. The fraction of sp³-hybridized carbons (Fsp3) is 0.900. The molecule has 3 N–H and O–H groups in total. The summed E-state index contributed by atoms with van der Waals surface area (Å²) in [6.07, 6.45) is 4.11. The molecule has 6 nitrogen and oxygen atoms in total. The summed E-state index contributed by atoms with van der Waals surface area (Å²) in [6.45, 7) is 13.9. The summed E-state index contributed by atoms with van der Waals surface area (Å²) in [5.41, 5.74) is 5.41. The fourth-order valence-electron chi connectivity index (χ4n) is 3.77. The van der Waals surface area contributed by atoms with Gasteiger partial charge in [0.25, 0.3) is 0 Å².